The van der Waals surface area contributed by atoms with Crippen molar-refractivity contribution in [1.82, 2.24) is 0 Å². The fourth-order valence-corrected chi connectivity index (χ4v) is 1.94. The van der Waals surface area contributed by atoms with E-state index >= 15 is 0 Å². The molecule has 1 N–H and O–H groups in total. The Kier molecular flexibility index (Phi) is 3.88. The minimum Gasteiger partial charge on any atom is -0.495 e. The third-order valence-corrected chi connectivity index (χ3v) is 2.66. The van der Waals surface area contributed by atoms with Crippen LogP contribution in [0.15, 0.2) is 12.1 Å². The van der Waals surface area contributed by atoms with Gasteiger partial charge in [0.1, 0.15) is 11.5 Å². The molecule has 0 aliphatic rings. The first kappa shape index (κ1) is 12.9. The van der Waals surface area contributed by atoms with Crippen molar-refractivity contribution in [3.8, 4) is 11.5 Å². The van der Waals surface area contributed by atoms with Crippen molar-refractivity contribution in [3.05, 3.63) is 17.2 Å². The Hall–Kier alpha value is -1.14. The summed E-state index contributed by atoms with van der Waals surface area (Å²) < 4.78 is 34.5. The van der Waals surface area contributed by atoms with E-state index in [1.807, 2.05) is 0 Å². The van der Waals surface area contributed by atoms with Crippen molar-refractivity contribution in [2.24, 2.45) is 0 Å². The van der Waals surface area contributed by atoms with E-state index in [1.165, 1.54) is 26.4 Å². The quantitative estimate of drug-likeness (QED) is 0.900. The predicted molar refractivity (Wildman–Crippen MR) is 63.0 cm³/mol. The van der Waals surface area contributed by atoms with Crippen LogP contribution in [0.4, 0.5) is 5.69 Å². The molecule has 0 unspecified atom stereocenters. The summed E-state index contributed by atoms with van der Waals surface area (Å²) in [6.07, 6.45) is 1.05. The summed E-state index contributed by atoms with van der Waals surface area (Å²) in [6.45, 7) is 0. The second-order valence-corrected chi connectivity index (χ2v) is 5.22. The lowest BCUT2D eigenvalue weighted by Crippen LogP contribution is -2.10. The van der Waals surface area contributed by atoms with Gasteiger partial charge < -0.3 is 9.47 Å². The Morgan fingerprint density at radius 3 is 2.19 bits per heavy atom. The number of nitrogens with one attached hydrogen (secondary N) is 1. The first-order valence-electron chi connectivity index (χ1n) is 4.26. The van der Waals surface area contributed by atoms with Gasteiger partial charge >= 0.3 is 0 Å². The van der Waals surface area contributed by atoms with E-state index in [2.05, 4.69) is 4.72 Å². The van der Waals surface area contributed by atoms with E-state index in [9.17, 15) is 8.42 Å². The highest BCUT2D eigenvalue weighted by Crippen LogP contribution is 2.36. The molecule has 90 valence electrons. The van der Waals surface area contributed by atoms with Gasteiger partial charge in [-0.1, -0.05) is 11.6 Å². The SMILES string of the molecule is COc1cc(OC)c(NS(C)(=O)=O)cc1Cl. The van der Waals surface area contributed by atoms with Gasteiger partial charge in [-0.3, -0.25) is 4.72 Å². The zero-order chi connectivity index (χ0) is 12.3. The Labute approximate surface area is 99.4 Å². The number of halogens is 1. The van der Waals surface area contributed by atoms with Crippen LogP contribution in [0.2, 0.25) is 5.02 Å². The van der Waals surface area contributed by atoms with Gasteiger partial charge in [0, 0.05) is 6.07 Å². The molecule has 1 aromatic carbocycles. The summed E-state index contributed by atoms with van der Waals surface area (Å²) in [5.41, 5.74) is 0.274. The van der Waals surface area contributed by atoms with Crippen LogP contribution in [0.1, 0.15) is 0 Å². The van der Waals surface area contributed by atoms with Gasteiger partial charge in [0.05, 0.1) is 31.2 Å². The third-order valence-electron chi connectivity index (χ3n) is 1.77. The van der Waals surface area contributed by atoms with Gasteiger partial charge in [-0.05, 0) is 6.07 Å². The van der Waals surface area contributed by atoms with Gasteiger partial charge in [-0.2, -0.15) is 0 Å². The van der Waals surface area contributed by atoms with Crippen LogP contribution in [0, 0.1) is 0 Å². The smallest absolute Gasteiger partial charge is 0.229 e. The van der Waals surface area contributed by atoms with Crippen molar-refractivity contribution in [2.45, 2.75) is 0 Å². The topological polar surface area (TPSA) is 64.6 Å². The average molecular weight is 266 g/mol. The number of rotatable bonds is 4. The molecule has 0 radical (unpaired) electrons. The molecule has 0 aromatic heterocycles. The number of methoxy groups -OCH3 is 2. The lowest BCUT2D eigenvalue weighted by atomic mass is 10.3. The van der Waals surface area contributed by atoms with E-state index in [0.717, 1.165) is 6.26 Å². The summed E-state index contributed by atoms with van der Waals surface area (Å²) >= 11 is 5.87. The fraction of sp³-hybridized carbons (Fsp3) is 0.333. The van der Waals surface area contributed by atoms with Crippen molar-refractivity contribution >= 4 is 27.3 Å². The minimum atomic E-state index is -3.38. The highest BCUT2D eigenvalue weighted by Gasteiger charge is 2.12. The van der Waals surface area contributed by atoms with Gasteiger partial charge in [0.15, 0.2) is 0 Å². The molecule has 0 aliphatic carbocycles. The largest absolute Gasteiger partial charge is 0.495 e. The van der Waals surface area contributed by atoms with Crippen LogP contribution in [0.3, 0.4) is 0 Å². The maximum absolute atomic E-state index is 11.1. The zero-order valence-corrected chi connectivity index (χ0v) is 10.6. The maximum Gasteiger partial charge on any atom is 0.229 e. The molecular formula is C9H12ClNO4S. The molecule has 0 spiro atoms. The molecule has 0 bridgehead atoms. The summed E-state index contributed by atoms with van der Waals surface area (Å²) in [5.74, 6) is 0.754. The van der Waals surface area contributed by atoms with Crippen LogP contribution >= 0.6 is 11.6 Å². The third kappa shape index (κ3) is 3.18. The Bertz CT molecular complexity index is 487. The number of anilines is 1. The van der Waals surface area contributed by atoms with Gasteiger partial charge in [-0.15, -0.1) is 0 Å². The Morgan fingerprint density at radius 1 is 1.19 bits per heavy atom. The second-order valence-electron chi connectivity index (χ2n) is 3.06. The molecule has 0 saturated heterocycles. The van der Waals surface area contributed by atoms with Crippen LogP contribution < -0.4 is 14.2 Å². The van der Waals surface area contributed by atoms with Crippen molar-refractivity contribution in [1.29, 1.82) is 0 Å². The molecule has 0 fully saturated rings. The molecule has 1 aromatic rings. The lowest BCUT2D eigenvalue weighted by Gasteiger charge is -2.12. The summed E-state index contributed by atoms with van der Waals surface area (Å²) in [6, 6.07) is 2.94. The fourth-order valence-electron chi connectivity index (χ4n) is 1.14. The highest BCUT2D eigenvalue weighted by molar-refractivity contribution is 7.92. The molecule has 0 aliphatic heterocycles. The first-order valence-corrected chi connectivity index (χ1v) is 6.53. The number of hydrogen-bond donors (Lipinski definition) is 1. The van der Waals surface area contributed by atoms with E-state index in [1.54, 1.807) is 0 Å². The molecule has 0 heterocycles. The first-order chi connectivity index (χ1) is 7.37. The highest BCUT2D eigenvalue weighted by atomic mass is 35.5. The van der Waals surface area contributed by atoms with E-state index < -0.39 is 10.0 Å². The monoisotopic (exact) mass is 265 g/mol. The van der Waals surface area contributed by atoms with Gasteiger partial charge in [0.25, 0.3) is 0 Å². The molecule has 16 heavy (non-hydrogen) atoms. The number of sulfonamides is 1. The molecule has 1 rings (SSSR count). The maximum atomic E-state index is 11.1. The van der Waals surface area contributed by atoms with E-state index in [4.69, 9.17) is 21.1 Å². The molecule has 0 amide bonds. The molecule has 0 atom stereocenters. The number of hydrogen-bond acceptors (Lipinski definition) is 4. The predicted octanol–water partition coefficient (Wildman–Crippen LogP) is 1.73. The van der Waals surface area contributed by atoms with Crippen LogP contribution in [-0.2, 0) is 10.0 Å². The lowest BCUT2D eigenvalue weighted by molar-refractivity contribution is 0.396. The van der Waals surface area contributed by atoms with Gasteiger partial charge in [-0.25, -0.2) is 8.42 Å². The Morgan fingerprint density at radius 2 is 1.75 bits per heavy atom. The van der Waals surface area contributed by atoms with Crippen molar-refractivity contribution < 1.29 is 17.9 Å². The van der Waals surface area contributed by atoms with E-state index in [-0.39, 0.29) is 5.69 Å². The van der Waals surface area contributed by atoms with Crippen LogP contribution in [0.25, 0.3) is 0 Å². The standard InChI is InChI=1S/C9H12ClNO4S/c1-14-8-5-9(15-2)7(4-6(8)10)11-16(3,12)13/h4-5,11H,1-3H3. The number of ether oxygens (including phenoxy) is 2. The zero-order valence-electron chi connectivity index (χ0n) is 9.07. The van der Waals surface area contributed by atoms with Crippen LogP contribution in [-0.4, -0.2) is 28.9 Å². The van der Waals surface area contributed by atoms with Crippen molar-refractivity contribution in [2.75, 3.05) is 25.2 Å². The van der Waals surface area contributed by atoms with E-state index in [0.29, 0.717) is 16.5 Å². The normalized spacial score (nSPS) is 11.0. The average Bonchev–Trinajstić information content (AvgIpc) is 2.16. The summed E-state index contributed by atoms with van der Waals surface area (Å²) in [4.78, 5) is 0. The summed E-state index contributed by atoms with van der Waals surface area (Å²) in [7, 11) is -0.486. The minimum absolute atomic E-state index is 0.274. The van der Waals surface area contributed by atoms with Crippen molar-refractivity contribution in [3.63, 3.8) is 0 Å². The Balaban J connectivity index is 3.23. The van der Waals surface area contributed by atoms with Crippen LogP contribution in [0.5, 0.6) is 11.5 Å². The molecular weight excluding hydrogens is 254 g/mol. The molecule has 0 saturated carbocycles. The summed E-state index contributed by atoms with van der Waals surface area (Å²) in [5, 5.41) is 0.300. The number of benzene rings is 1. The van der Waals surface area contributed by atoms with Gasteiger partial charge in [0.2, 0.25) is 10.0 Å². The molecule has 5 nitrogen and oxygen atoms in total. The molecule has 7 heteroatoms. The second kappa shape index (κ2) is 4.80.